The van der Waals surface area contributed by atoms with Crippen molar-refractivity contribution in [2.75, 3.05) is 27.3 Å². The molecule has 0 bridgehead atoms. The summed E-state index contributed by atoms with van der Waals surface area (Å²) < 4.78 is 10.6. The Hall–Kier alpha value is -1.75. The number of carbonyl (C=O) groups is 1. The van der Waals surface area contributed by atoms with Crippen molar-refractivity contribution < 1.29 is 14.3 Å². The molecule has 0 atom stereocenters. The molecule has 124 valence electrons. The molecule has 1 N–H and O–H groups in total. The van der Waals surface area contributed by atoms with E-state index >= 15 is 0 Å². The molecule has 5 heteroatoms. The van der Waals surface area contributed by atoms with Gasteiger partial charge in [0.15, 0.2) is 11.5 Å². The van der Waals surface area contributed by atoms with E-state index in [0.717, 1.165) is 12.1 Å². The fraction of sp³-hybridized carbons (Fsp3) is 0.588. The van der Waals surface area contributed by atoms with E-state index in [9.17, 15) is 4.79 Å². The fourth-order valence-corrected chi connectivity index (χ4v) is 2.18. The van der Waals surface area contributed by atoms with E-state index in [1.807, 2.05) is 45.9 Å². The zero-order chi connectivity index (χ0) is 16.8. The predicted molar refractivity (Wildman–Crippen MR) is 88.4 cm³/mol. The van der Waals surface area contributed by atoms with Crippen LogP contribution in [-0.2, 0) is 11.3 Å². The molecule has 0 aliphatic rings. The highest BCUT2D eigenvalue weighted by Gasteiger charge is 2.16. The highest BCUT2D eigenvalue weighted by molar-refractivity contribution is 5.78. The first-order valence-corrected chi connectivity index (χ1v) is 7.53. The minimum absolute atomic E-state index is 0.0369. The van der Waals surface area contributed by atoms with Crippen LogP contribution < -0.4 is 14.8 Å². The summed E-state index contributed by atoms with van der Waals surface area (Å²) in [6, 6.07) is 5.83. The second kappa shape index (κ2) is 8.03. The van der Waals surface area contributed by atoms with Gasteiger partial charge in [-0.25, -0.2) is 0 Å². The van der Waals surface area contributed by atoms with E-state index in [-0.39, 0.29) is 11.4 Å². The summed E-state index contributed by atoms with van der Waals surface area (Å²) in [7, 11) is 3.24. The van der Waals surface area contributed by atoms with E-state index in [2.05, 4.69) is 10.2 Å². The molecule has 1 aromatic rings. The lowest BCUT2D eigenvalue weighted by atomic mass is 10.1. The number of nitrogens with one attached hydrogen (secondary N) is 1. The Balaban J connectivity index is 2.72. The highest BCUT2D eigenvalue weighted by atomic mass is 16.5. The quantitative estimate of drug-likeness (QED) is 0.840. The van der Waals surface area contributed by atoms with Crippen LogP contribution in [0.3, 0.4) is 0 Å². The van der Waals surface area contributed by atoms with Gasteiger partial charge in [-0.05, 0) is 45.0 Å². The van der Waals surface area contributed by atoms with E-state index in [4.69, 9.17) is 9.47 Å². The Kier molecular flexibility index (Phi) is 6.68. The monoisotopic (exact) mass is 308 g/mol. The summed E-state index contributed by atoms with van der Waals surface area (Å²) in [5, 5.41) is 2.99. The first-order chi connectivity index (χ1) is 10.3. The molecule has 1 aromatic carbocycles. The maximum Gasteiger partial charge on any atom is 0.234 e. The maximum atomic E-state index is 12.0. The maximum absolute atomic E-state index is 12.0. The number of rotatable bonds is 7. The van der Waals surface area contributed by atoms with E-state index in [1.54, 1.807) is 14.2 Å². The van der Waals surface area contributed by atoms with Crippen LogP contribution in [0.5, 0.6) is 11.5 Å². The van der Waals surface area contributed by atoms with E-state index in [1.165, 1.54) is 0 Å². The molecule has 0 spiro atoms. The van der Waals surface area contributed by atoms with E-state index < -0.39 is 0 Å². The number of carbonyl (C=O) groups excluding carboxylic acids is 1. The zero-order valence-corrected chi connectivity index (χ0v) is 14.5. The molecule has 0 aliphatic carbocycles. The number of ether oxygens (including phenoxy) is 2. The molecule has 0 saturated heterocycles. The van der Waals surface area contributed by atoms with Crippen LogP contribution in [0.4, 0.5) is 0 Å². The zero-order valence-electron chi connectivity index (χ0n) is 14.5. The van der Waals surface area contributed by atoms with Crippen molar-refractivity contribution in [3.05, 3.63) is 23.8 Å². The second-order valence-electron chi connectivity index (χ2n) is 6.29. The van der Waals surface area contributed by atoms with Gasteiger partial charge in [0.1, 0.15) is 0 Å². The Bertz CT molecular complexity index is 495. The van der Waals surface area contributed by atoms with Crippen molar-refractivity contribution in [2.45, 2.75) is 39.8 Å². The van der Waals surface area contributed by atoms with Crippen molar-refractivity contribution in [2.24, 2.45) is 0 Å². The Labute approximate surface area is 133 Å². The van der Waals surface area contributed by atoms with Gasteiger partial charge >= 0.3 is 0 Å². The average Bonchev–Trinajstić information content (AvgIpc) is 2.44. The van der Waals surface area contributed by atoms with Gasteiger partial charge in [0, 0.05) is 12.1 Å². The molecule has 1 amide bonds. The molecule has 0 fully saturated rings. The van der Waals surface area contributed by atoms with E-state index in [0.29, 0.717) is 24.6 Å². The number of amides is 1. The molecule has 0 aliphatic heterocycles. The van der Waals surface area contributed by atoms with Crippen LogP contribution in [-0.4, -0.2) is 43.7 Å². The van der Waals surface area contributed by atoms with Gasteiger partial charge in [-0.3, -0.25) is 9.69 Å². The third-order valence-corrected chi connectivity index (χ3v) is 3.18. The van der Waals surface area contributed by atoms with Crippen molar-refractivity contribution in [3.63, 3.8) is 0 Å². The van der Waals surface area contributed by atoms with Gasteiger partial charge in [0.2, 0.25) is 5.91 Å². The molecule has 0 radical (unpaired) electrons. The SMILES string of the molecule is CCN(CC(=O)NC(C)(C)C)Cc1ccc(OC)c(OC)c1. The third-order valence-electron chi connectivity index (χ3n) is 3.18. The molecule has 0 unspecified atom stereocenters. The molecule has 0 heterocycles. The second-order valence-corrected chi connectivity index (χ2v) is 6.29. The molecular weight excluding hydrogens is 280 g/mol. The Morgan fingerprint density at radius 1 is 1.18 bits per heavy atom. The number of hydrogen-bond donors (Lipinski definition) is 1. The summed E-state index contributed by atoms with van der Waals surface area (Å²) in [5.74, 6) is 1.45. The van der Waals surface area contributed by atoms with Crippen LogP contribution in [0.15, 0.2) is 18.2 Å². The molecule has 1 rings (SSSR count). The fourth-order valence-electron chi connectivity index (χ4n) is 2.18. The van der Waals surface area contributed by atoms with Gasteiger partial charge in [0.05, 0.1) is 20.8 Å². The lowest BCUT2D eigenvalue weighted by molar-refractivity contribution is -0.123. The molecule has 5 nitrogen and oxygen atoms in total. The minimum atomic E-state index is -0.209. The van der Waals surface area contributed by atoms with Crippen molar-refractivity contribution in [3.8, 4) is 11.5 Å². The van der Waals surface area contributed by atoms with Crippen LogP contribution in [0.2, 0.25) is 0 Å². The van der Waals surface area contributed by atoms with Gasteiger partial charge in [-0.1, -0.05) is 13.0 Å². The third kappa shape index (κ3) is 5.93. The molecule has 0 aromatic heterocycles. The van der Waals surface area contributed by atoms with Crippen LogP contribution in [0.1, 0.15) is 33.3 Å². The van der Waals surface area contributed by atoms with Crippen molar-refractivity contribution in [1.29, 1.82) is 0 Å². The van der Waals surface area contributed by atoms with Gasteiger partial charge < -0.3 is 14.8 Å². The van der Waals surface area contributed by atoms with Gasteiger partial charge in [-0.2, -0.15) is 0 Å². The molecular formula is C17H28N2O3. The number of benzene rings is 1. The normalized spacial score (nSPS) is 11.4. The molecule has 22 heavy (non-hydrogen) atoms. The largest absolute Gasteiger partial charge is 0.493 e. The lowest BCUT2D eigenvalue weighted by Crippen LogP contribution is -2.45. The van der Waals surface area contributed by atoms with Crippen molar-refractivity contribution in [1.82, 2.24) is 10.2 Å². The first kappa shape index (κ1) is 18.3. The summed E-state index contributed by atoms with van der Waals surface area (Å²) >= 11 is 0. The summed E-state index contributed by atoms with van der Waals surface area (Å²) in [4.78, 5) is 14.1. The number of methoxy groups -OCH3 is 2. The Morgan fingerprint density at radius 3 is 2.32 bits per heavy atom. The first-order valence-electron chi connectivity index (χ1n) is 7.53. The Morgan fingerprint density at radius 2 is 1.82 bits per heavy atom. The summed E-state index contributed by atoms with van der Waals surface area (Å²) in [6.45, 7) is 9.86. The number of hydrogen-bond acceptors (Lipinski definition) is 4. The summed E-state index contributed by atoms with van der Waals surface area (Å²) in [6.07, 6.45) is 0. The number of likely N-dealkylation sites (N-methyl/N-ethyl adjacent to an activating group) is 1. The lowest BCUT2D eigenvalue weighted by Gasteiger charge is -2.25. The van der Waals surface area contributed by atoms with Gasteiger partial charge in [0.25, 0.3) is 0 Å². The highest BCUT2D eigenvalue weighted by Crippen LogP contribution is 2.27. The molecule has 0 saturated carbocycles. The smallest absolute Gasteiger partial charge is 0.234 e. The number of nitrogens with zero attached hydrogens (tertiary/aromatic N) is 1. The summed E-state index contributed by atoms with van der Waals surface area (Å²) in [5.41, 5.74) is 0.878. The average molecular weight is 308 g/mol. The minimum Gasteiger partial charge on any atom is -0.493 e. The predicted octanol–water partition coefficient (Wildman–Crippen LogP) is 2.44. The topological polar surface area (TPSA) is 50.8 Å². The van der Waals surface area contributed by atoms with Gasteiger partial charge in [-0.15, -0.1) is 0 Å². The van der Waals surface area contributed by atoms with Crippen LogP contribution in [0.25, 0.3) is 0 Å². The van der Waals surface area contributed by atoms with Crippen LogP contribution in [0, 0.1) is 0 Å². The van der Waals surface area contributed by atoms with Crippen molar-refractivity contribution >= 4 is 5.91 Å². The standard InChI is InChI=1S/C17H28N2O3/c1-7-19(12-16(20)18-17(2,3)4)11-13-8-9-14(21-5)15(10-13)22-6/h8-10H,7,11-12H2,1-6H3,(H,18,20). The van der Waals surface area contributed by atoms with Crippen LogP contribution >= 0.6 is 0 Å².